The minimum Gasteiger partial charge on any atom is -0.497 e. The van der Waals surface area contributed by atoms with Crippen LogP contribution in [0.2, 0.25) is 10.0 Å². The van der Waals surface area contributed by atoms with Crippen LogP contribution in [0.4, 0.5) is 5.69 Å². The zero-order chi connectivity index (χ0) is 26.1. The molecule has 0 aliphatic rings. The van der Waals surface area contributed by atoms with Crippen molar-refractivity contribution in [3.63, 3.8) is 0 Å². The highest BCUT2D eigenvalue weighted by atomic mass is 35.5. The lowest BCUT2D eigenvalue weighted by Crippen LogP contribution is -2.32. The Labute approximate surface area is 217 Å². The molecule has 3 aromatic rings. The smallest absolute Gasteiger partial charge is 0.329 e. The number of anilines is 1. The minimum absolute atomic E-state index is 0.211. The summed E-state index contributed by atoms with van der Waals surface area (Å²) in [6.07, 6.45) is 1.36. The van der Waals surface area contributed by atoms with Crippen LogP contribution in [0.5, 0.6) is 23.0 Å². The lowest BCUT2D eigenvalue weighted by Gasteiger charge is -2.12. The predicted molar refractivity (Wildman–Crippen MR) is 138 cm³/mol. The number of carbonyl (C=O) groups is 2. The van der Waals surface area contributed by atoms with Crippen LogP contribution in [0, 0.1) is 0 Å². The first-order valence-electron chi connectivity index (χ1n) is 10.5. The lowest BCUT2D eigenvalue weighted by atomic mass is 10.2. The van der Waals surface area contributed by atoms with Crippen LogP contribution in [0.25, 0.3) is 0 Å². The van der Waals surface area contributed by atoms with E-state index < -0.39 is 11.8 Å². The fourth-order valence-electron chi connectivity index (χ4n) is 2.99. The van der Waals surface area contributed by atoms with Crippen LogP contribution in [0.15, 0.2) is 59.7 Å². The standard InChI is InChI=1S/C25H23Cl2N3O6/c1-33-18-7-9-21(34-2)20(12-18)29-24(31)25(32)30-28-13-15-4-8-22(23(10-15)35-3)36-14-16-5-6-17(26)11-19(16)27/h4-13H,14H2,1-3H3,(H,29,31)(H,30,32)/b28-13+. The van der Waals surface area contributed by atoms with Crippen molar-refractivity contribution in [1.82, 2.24) is 5.43 Å². The van der Waals surface area contributed by atoms with E-state index in [1.165, 1.54) is 33.6 Å². The molecule has 0 aliphatic heterocycles. The van der Waals surface area contributed by atoms with E-state index in [0.29, 0.717) is 38.6 Å². The average molecular weight is 532 g/mol. The maximum Gasteiger partial charge on any atom is 0.329 e. The predicted octanol–water partition coefficient (Wildman–Crippen LogP) is 4.69. The summed E-state index contributed by atoms with van der Waals surface area (Å²) in [5.74, 6) is -0.117. The monoisotopic (exact) mass is 531 g/mol. The van der Waals surface area contributed by atoms with Gasteiger partial charge >= 0.3 is 11.8 Å². The summed E-state index contributed by atoms with van der Waals surface area (Å²) in [4.78, 5) is 24.4. The van der Waals surface area contributed by atoms with Gasteiger partial charge in [-0.25, -0.2) is 5.43 Å². The average Bonchev–Trinajstić information content (AvgIpc) is 2.88. The first kappa shape index (κ1) is 26.7. The molecule has 0 saturated heterocycles. The highest BCUT2D eigenvalue weighted by molar-refractivity contribution is 6.39. The van der Waals surface area contributed by atoms with E-state index in [1.807, 2.05) is 0 Å². The van der Waals surface area contributed by atoms with Gasteiger partial charge in [-0.3, -0.25) is 9.59 Å². The molecule has 11 heteroatoms. The van der Waals surface area contributed by atoms with Crippen LogP contribution in [-0.2, 0) is 16.2 Å². The van der Waals surface area contributed by atoms with Crippen molar-refractivity contribution in [3.05, 3.63) is 75.8 Å². The Kier molecular flexibility index (Phi) is 9.38. The van der Waals surface area contributed by atoms with Gasteiger partial charge in [0.25, 0.3) is 0 Å². The number of carbonyl (C=O) groups excluding carboxylic acids is 2. The number of hydrogen-bond acceptors (Lipinski definition) is 7. The van der Waals surface area contributed by atoms with Gasteiger partial charge in [-0.15, -0.1) is 0 Å². The normalized spacial score (nSPS) is 10.6. The zero-order valence-electron chi connectivity index (χ0n) is 19.6. The van der Waals surface area contributed by atoms with Crippen molar-refractivity contribution in [1.29, 1.82) is 0 Å². The van der Waals surface area contributed by atoms with Crippen molar-refractivity contribution in [2.45, 2.75) is 6.61 Å². The lowest BCUT2D eigenvalue weighted by molar-refractivity contribution is -0.136. The van der Waals surface area contributed by atoms with Gasteiger partial charge in [0.2, 0.25) is 0 Å². The second kappa shape index (κ2) is 12.7. The van der Waals surface area contributed by atoms with Gasteiger partial charge in [0.1, 0.15) is 18.1 Å². The molecule has 0 unspecified atom stereocenters. The third kappa shape index (κ3) is 7.03. The number of rotatable bonds is 9. The van der Waals surface area contributed by atoms with Crippen molar-refractivity contribution < 1.29 is 28.5 Å². The number of methoxy groups -OCH3 is 3. The fraction of sp³-hybridized carbons (Fsp3) is 0.160. The summed E-state index contributed by atoms with van der Waals surface area (Å²) in [6.45, 7) is 0.211. The molecule has 0 aromatic heterocycles. The maximum absolute atomic E-state index is 12.3. The molecule has 0 spiro atoms. The van der Waals surface area contributed by atoms with Crippen LogP contribution in [0.1, 0.15) is 11.1 Å². The number of halogens is 2. The third-order valence-electron chi connectivity index (χ3n) is 4.83. The van der Waals surface area contributed by atoms with E-state index in [9.17, 15) is 9.59 Å². The first-order chi connectivity index (χ1) is 17.3. The van der Waals surface area contributed by atoms with Gasteiger partial charge in [-0.1, -0.05) is 29.3 Å². The van der Waals surface area contributed by atoms with Crippen LogP contribution in [-0.4, -0.2) is 39.4 Å². The molecule has 188 valence electrons. The van der Waals surface area contributed by atoms with E-state index in [2.05, 4.69) is 15.8 Å². The first-order valence-corrected chi connectivity index (χ1v) is 11.2. The maximum atomic E-state index is 12.3. The number of amides is 2. The van der Waals surface area contributed by atoms with Crippen molar-refractivity contribution in [3.8, 4) is 23.0 Å². The Morgan fingerprint density at radius 3 is 2.31 bits per heavy atom. The number of nitrogens with zero attached hydrogens (tertiary/aromatic N) is 1. The van der Waals surface area contributed by atoms with Gasteiger partial charge in [-0.05, 0) is 48.0 Å². The fourth-order valence-corrected chi connectivity index (χ4v) is 3.45. The summed E-state index contributed by atoms with van der Waals surface area (Å²) in [5.41, 5.74) is 3.82. The van der Waals surface area contributed by atoms with Crippen molar-refractivity contribution in [2.75, 3.05) is 26.6 Å². The Hall–Kier alpha value is -3.95. The van der Waals surface area contributed by atoms with E-state index in [1.54, 1.807) is 48.5 Å². The van der Waals surface area contributed by atoms with E-state index >= 15 is 0 Å². The molecule has 3 aromatic carbocycles. The SMILES string of the molecule is COc1ccc(OC)c(NC(=O)C(=O)N/N=C/c2ccc(OCc3ccc(Cl)cc3Cl)c(OC)c2)c1. The van der Waals surface area contributed by atoms with Crippen molar-refractivity contribution in [2.24, 2.45) is 5.10 Å². The summed E-state index contributed by atoms with van der Waals surface area (Å²) in [6, 6.07) is 15.0. The topological polar surface area (TPSA) is 107 Å². The number of hydrazone groups is 1. The molecule has 0 radical (unpaired) electrons. The van der Waals surface area contributed by atoms with E-state index in [-0.39, 0.29) is 12.3 Å². The number of benzene rings is 3. The Bertz CT molecular complexity index is 1280. The highest BCUT2D eigenvalue weighted by Gasteiger charge is 2.16. The van der Waals surface area contributed by atoms with E-state index in [4.69, 9.17) is 42.1 Å². The van der Waals surface area contributed by atoms with Gasteiger partial charge in [0, 0.05) is 21.7 Å². The van der Waals surface area contributed by atoms with Crippen LogP contribution >= 0.6 is 23.2 Å². The summed E-state index contributed by atoms with van der Waals surface area (Å²) in [7, 11) is 4.42. The van der Waals surface area contributed by atoms with Crippen LogP contribution < -0.4 is 29.7 Å². The highest BCUT2D eigenvalue weighted by Crippen LogP contribution is 2.30. The number of hydrogen-bond donors (Lipinski definition) is 2. The molecular formula is C25H23Cl2N3O6. The number of ether oxygens (including phenoxy) is 4. The zero-order valence-corrected chi connectivity index (χ0v) is 21.1. The van der Waals surface area contributed by atoms with Gasteiger partial charge in [0.05, 0.1) is 33.2 Å². The Morgan fingerprint density at radius 1 is 0.861 bits per heavy atom. The molecule has 2 N–H and O–H groups in total. The second-order valence-electron chi connectivity index (χ2n) is 7.15. The molecule has 0 saturated carbocycles. The molecule has 3 rings (SSSR count). The molecule has 9 nitrogen and oxygen atoms in total. The molecule has 0 fully saturated rings. The minimum atomic E-state index is -0.970. The molecule has 0 heterocycles. The quantitative estimate of drug-likeness (QED) is 0.235. The molecule has 0 atom stereocenters. The number of nitrogens with one attached hydrogen (secondary N) is 2. The summed E-state index contributed by atoms with van der Waals surface area (Å²) >= 11 is 12.1. The largest absolute Gasteiger partial charge is 0.497 e. The van der Waals surface area contributed by atoms with Gasteiger partial charge < -0.3 is 24.3 Å². The van der Waals surface area contributed by atoms with E-state index in [0.717, 1.165) is 5.56 Å². The van der Waals surface area contributed by atoms with Crippen LogP contribution in [0.3, 0.4) is 0 Å². The third-order valence-corrected chi connectivity index (χ3v) is 5.41. The second-order valence-corrected chi connectivity index (χ2v) is 8.00. The molecule has 0 bridgehead atoms. The Balaban J connectivity index is 1.60. The van der Waals surface area contributed by atoms with Gasteiger partial charge in [-0.2, -0.15) is 5.10 Å². The molecule has 0 aliphatic carbocycles. The summed E-state index contributed by atoms with van der Waals surface area (Å²) in [5, 5.41) is 7.32. The Morgan fingerprint density at radius 2 is 1.61 bits per heavy atom. The molecule has 36 heavy (non-hydrogen) atoms. The molecule has 2 amide bonds. The van der Waals surface area contributed by atoms with Crippen molar-refractivity contribution >= 4 is 46.9 Å². The van der Waals surface area contributed by atoms with Gasteiger partial charge in [0.15, 0.2) is 11.5 Å². The summed E-state index contributed by atoms with van der Waals surface area (Å²) < 4.78 is 21.5. The molecular weight excluding hydrogens is 509 g/mol.